The Labute approximate surface area is 180 Å². The average molecular weight is 436 g/mol. The van der Waals surface area contributed by atoms with Gasteiger partial charge in [-0.15, -0.1) is 24.8 Å². The highest BCUT2D eigenvalue weighted by molar-refractivity contribution is 5.85. The largest absolute Gasteiger partial charge is 0.377 e. The zero-order valence-electron chi connectivity index (χ0n) is 17.1. The van der Waals surface area contributed by atoms with Crippen molar-refractivity contribution in [3.8, 4) is 0 Å². The number of nitrogens with zero attached hydrogens (tertiary/aromatic N) is 3. The molecule has 7 nitrogen and oxygen atoms in total. The summed E-state index contributed by atoms with van der Waals surface area (Å²) in [4.78, 5) is 15.3. The number of carbonyl (C=O) groups is 1. The molecule has 3 heterocycles. The SMILES string of the molecule is CC(C)OCCN1CCC(NC(=O)[C@H]2CNC[C@@H]2c2cnn(C)c2)CC1.Cl.Cl. The molecular weight excluding hydrogens is 401 g/mol. The monoisotopic (exact) mass is 435 g/mol. The molecule has 0 unspecified atom stereocenters. The number of hydrogen-bond donors (Lipinski definition) is 2. The molecule has 2 fully saturated rings. The Morgan fingerprint density at radius 3 is 2.64 bits per heavy atom. The molecule has 0 radical (unpaired) electrons. The van der Waals surface area contributed by atoms with Crippen molar-refractivity contribution in [2.75, 3.05) is 39.3 Å². The van der Waals surface area contributed by atoms with E-state index in [9.17, 15) is 4.79 Å². The Morgan fingerprint density at radius 2 is 2.04 bits per heavy atom. The standard InChI is InChI=1S/C19H33N5O2.2ClH/c1-14(2)26-9-8-24-6-4-16(5-7-24)22-19(25)18-12-20-11-17(18)15-10-21-23(3)13-15;;/h10,13-14,16-18,20H,4-9,11-12H2,1-3H3,(H,22,25);2*1H/t17-,18+;;/m1../s1. The third-order valence-electron chi connectivity index (χ3n) is 5.50. The number of aryl methyl sites for hydroxylation is 1. The number of rotatable bonds is 7. The minimum atomic E-state index is -0.00308. The van der Waals surface area contributed by atoms with Crippen molar-refractivity contribution in [3.05, 3.63) is 18.0 Å². The molecule has 2 N–H and O–H groups in total. The van der Waals surface area contributed by atoms with Crippen molar-refractivity contribution in [3.63, 3.8) is 0 Å². The molecule has 1 amide bonds. The first-order chi connectivity index (χ1) is 12.5. The minimum Gasteiger partial charge on any atom is -0.377 e. The van der Waals surface area contributed by atoms with E-state index < -0.39 is 0 Å². The molecule has 3 rings (SSSR count). The summed E-state index contributed by atoms with van der Waals surface area (Å²) in [5.41, 5.74) is 1.15. The number of piperidine rings is 1. The molecule has 2 aliphatic heterocycles. The Kier molecular flexibility index (Phi) is 10.8. The van der Waals surface area contributed by atoms with E-state index >= 15 is 0 Å². The topological polar surface area (TPSA) is 71.4 Å². The molecule has 162 valence electrons. The molecule has 0 bridgehead atoms. The number of likely N-dealkylation sites (tertiary alicyclic amines) is 1. The first-order valence-electron chi connectivity index (χ1n) is 9.86. The van der Waals surface area contributed by atoms with E-state index in [1.807, 2.05) is 19.4 Å². The maximum atomic E-state index is 12.8. The first-order valence-corrected chi connectivity index (χ1v) is 9.86. The molecule has 0 aliphatic carbocycles. The van der Waals surface area contributed by atoms with Crippen LogP contribution in [0.2, 0.25) is 0 Å². The second-order valence-corrected chi connectivity index (χ2v) is 7.86. The smallest absolute Gasteiger partial charge is 0.225 e. The van der Waals surface area contributed by atoms with Crippen LogP contribution in [0.25, 0.3) is 0 Å². The number of halogens is 2. The molecular formula is C19H35Cl2N5O2. The summed E-state index contributed by atoms with van der Waals surface area (Å²) in [5, 5.41) is 10.9. The van der Waals surface area contributed by atoms with E-state index in [1.165, 1.54) is 0 Å². The van der Waals surface area contributed by atoms with Gasteiger partial charge < -0.3 is 20.3 Å². The summed E-state index contributed by atoms with van der Waals surface area (Å²) in [6.45, 7) is 9.55. The van der Waals surface area contributed by atoms with Gasteiger partial charge in [-0.1, -0.05) is 0 Å². The Hall–Kier alpha value is -0.860. The Morgan fingerprint density at radius 1 is 1.32 bits per heavy atom. The van der Waals surface area contributed by atoms with E-state index in [0.29, 0.717) is 12.1 Å². The Balaban J connectivity index is 0.00000196. The number of amides is 1. The number of hydrogen-bond acceptors (Lipinski definition) is 5. The molecule has 1 aromatic heterocycles. The van der Waals surface area contributed by atoms with Gasteiger partial charge in [0.1, 0.15) is 0 Å². The molecule has 2 saturated heterocycles. The van der Waals surface area contributed by atoms with Crippen LogP contribution in [-0.4, -0.2) is 72.1 Å². The van der Waals surface area contributed by atoms with E-state index in [-0.39, 0.29) is 42.6 Å². The van der Waals surface area contributed by atoms with Crippen molar-refractivity contribution in [2.24, 2.45) is 13.0 Å². The van der Waals surface area contributed by atoms with Crippen molar-refractivity contribution < 1.29 is 9.53 Å². The number of nitrogens with one attached hydrogen (secondary N) is 2. The maximum absolute atomic E-state index is 12.8. The number of carbonyl (C=O) groups excluding carboxylic acids is 1. The number of aromatic nitrogens is 2. The highest BCUT2D eigenvalue weighted by Crippen LogP contribution is 2.28. The van der Waals surface area contributed by atoms with Gasteiger partial charge in [0, 0.05) is 57.9 Å². The molecule has 0 spiro atoms. The molecule has 2 aliphatic rings. The summed E-state index contributed by atoms with van der Waals surface area (Å²) in [6.07, 6.45) is 6.24. The van der Waals surface area contributed by atoms with Gasteiger partial charge in [0.25, 0.3) is 0 Å². The fourth-order valence-corrected chi connectivity index (χ4v) is 3.96. The third-order valence-corrected chi connectivity index (χ3v) is 5.50. The highest BCUT2D eigenvalue weighted by Gasteiger charge is 2.35. The van der Waals surface area contributed by atoms with Crippen LogP contribution in [-0.2, 0) is 16.6 Å². The van der Waals surface area contributed by atoms with Crippen LogP contribution in [0, 0.1) is 5.92 Å². The van der Waals surface area contributed by atoms with Gasteiger partial charge in [0.05, 0.1) is 24.8 Å². The predicted molar refractivity (Wildman–Crippen MR) is 115 cm³/mol. The summed E-state index contributed by atoms with van der Waals surface area (Å²) in [5.74, 6) is 0.402. The van der Waals surface area contributed by atoms with Gasteiger partial charge in [-0.3, -0.25) is 9.48 Å². The van der Waals surface area contributed by atoms with Gasteiger partial charge in [-0.2, -0.15) is 5.10 Å². The van der Waals surface area contributed by atoms with E-state index in [4.69, 9.17) is 4.74 Å². The van der Waals surface area contributed by atoms with Gasteiger partial charge in [-0.05, 0) is 32.3 Å². The van der Waals surface area contributed by atoms with Crippen molar-refractivity contribution >= 4 is 30.7 Å². The van der Waals surface area contributed by atoms with E-state index in [2.05, 4.69) is 34.5 Å². The van der Waals surface area contributed by atoms with Gasteiger partial charge in [0.15, 0.2) is 0 Å². The number of ether oxygens (including phenoxy) is 1. The lowest BCUT2D eigenvalue weighted by molar-refractivity contribution is -0.125. The molecule has 2 atom stereocenters. The normalized spacial score (nSPS) is 23.3. The minimum absolute atomic E-state index is 0. The Bertz CT molecular complexity index is 591. The van der Waals surface area contributed by atoms with Crippen LogP contribution in [0.5, 0.6) is 0 Å². The second kappa shape index (κ2) is 12.0. The molecule has 1 aromatic rings. The maximum Gasteiger partial charge on any atom is 0.225 e. The molecule has 0 aromatic carbocycles. The summed E-state index contributed by atoms with van der Waals surface area (Å²) in [6, 6.07) is 0.292. The molecule has 28 heavy (non-hydrogen) atoms. The predicted octanol–water partition coefficient (Wildman–Crippen LogP) is 1.57. The lowest BCUT2D eigenvalue weighted by Crippen LogP contribution is -2.47. The van der Waals surface area contributed by atoms with Crippen molar-refractivity contribution in [2.45, 2.75) is 44.8 Å². The van der Waals surface area contributed by atoms with Gasteiger partial charge in [-0.25, -0.2) is 0 Å². The summed E-state index contributed by atoms with van der Waals surface area (Å²) >= 11 is 0. The lowest BCUT2D eigenvalue weighted by atomic mass is 9.89. The first kappa shape index (κ1) is 25.2. The lowest BCUT2D eigenvalue weighted by Gasteiger charge is -2.33. The molecule has 0 saturated carbocycles. The summed E-state index contributed by atoms with van der Waals surface area (Å²) < 4.78 is 7.44. The van der Waals surface area contributed by atoms with Gasteiger partial charge >= 0.3 is 0 Å². The third kappa shape index (κ3) is 6.88. The molecule has 9 heteroatoms. The van der Waals surface area contributed by atoms with Crippen molar-refractivity contribution in [1.29, 1.82) is 0 Å². The van der Waals surface area contributed by atoms with Crippen LogP contribution >= 0.6 is 24.8 Å². The zero-order valence-corrected chi connectivity index (χ0v) is 18.7. The van der Waals surface area contributed by atoms with E-state index in [1.54, 1.807) is 4.68 Å². The van der Waals surface area contributed by atoms with Crippen LogP contribution in [0.4, 0.5) is 0 Å². The van der Waals surface area contributed by atoms with Crippen molar-refractivity contribution in [1.82, 2.24) is 25.3 Å². The average Bonchev–Trinajstić information content (AvgIpc) is 3.24. The summed E-state index contributed by atoms with van der Waals surface area (Å²) in [7, 11) is 1.92. The fourth-order valence-electron chi connectivity index (χ4n) is 3.96. The quantitative estimate of drug-likeness (QED) is 0.679. The van der Waals surface area contributed by atoms with Crippen LogP contribution in [0.1, 0.15) is 38.2 Å². The zero-order chi connectivity index (χ0) is 18.5. The second-order valence-electron chi connectivity index (χ2n) is 7.86. The van der Waals surface area contributed by atoms with Crippen LogP contribution in [0.15, 0.2) is 12.4 Å². The van der Waals surface area contributed by atoms with Gasteiger partial charge in [0.2, 0.25) is 5.91 Å². The highest BCUT2D eigenvalue weighted by atomic mass is 35.5. The fraction of sp³-hybridized carbons (Fsp3) is 0.789. The van der Waals surface area contributed by atoms with E-state index in [0.717, 1.165) is 57.7 Å². The van der Waals surface area contributed by atoms with Crippen LogP contribution < -0.4 is 10.6 Å². The van der Waals surface area contributed by atoms with Crippen LogP contribution in [0.3, 0.4) is 0 Å².